The Bertz CT molecular complexity index is 538. The quantitative estimate of drug-likeness (QED) is 0.839. The monoisotopic (exact) mass is 241 g/mol. The number of hydrogen-bond donors (Lipinski definition) is 1. The lowest BCUT2D eigenvalue weighted by Crippen LogP contribution is -1.96. The zero-order valence-corrected chi connectivity index (χ0v) is 9.22. The van der Waals surface area contributed by atoms with Gasteiger partial charge in [0.2, 0.25) is 0 Å². The number of ether oxygens (including phenoxy) is 1. The Kier molecular flexibility index (Phi) is 2.83. The van der Waals surface area contributed by atoms with Crippen molar-refractivity contribution in [2.75, 3.05) is 0 Å². The third-order valence-electron chi connectivity index (χ3n) is 2.48. The highest BCUT2D eigenvalue weighted by atomic mass is 35.5. The molecule has 0 fully saturated rings. The van der Waals surface area contributed by atoms with Gasteiger partial charge < -0.3 is 9.72 Å². The molecule has 16 heavy (non-hydrogen) atoms. The molecule has 2 aromatic rings. The molecule has 1 atom stereocenters. The van der Waals surface area contributed by atoms with Crippen LogP contribution in [0.15, 0.2) is 18.3 Å². The van der Waals surface area contributed by atoms with Gasteiger partial charge in [0.25, 0.3) is 6.47 Å². The van der Waals surface area contributed by atoms with Crippen LogP contribution in [-0.4, -0.2) is 11.5 Å². The summed E-state index contributed by atoms with van der Waals surface area (Å²) >= 11 is 5.80. The fourth-order valence-electron chi connectivity index (χ4n) is 1.65. The summed E-state index contributed by atoms with van der Waals surface area (Å²) in [6.45, 7) is 2.11. The molecule has 84 valence electrons. The van der Waals surface area contributed by atoms with Gasteiger partial charge >= 0.3 is 0 Å². The number of hydrogen-bond acceptors (Lipinski definition) is 2. The molecule has 1 N–H and O–H groups in total. The molecule has 1 unspecified atom stereocenters. The zero-order valence-electron chi connectivity index (χ0n) is 8.46. The van der Waals surface area contributed by atoms with Gasteiger partial charge in [0.05, 0.1) is 5.52 Å². The molecule has 1 aromatic heterocycles. The Morgan fingerprint density at radius 3 is 3.00 bits per heavy atom. The van der Waals surface area contributed by atoms with E-state index in [1.165, 1.54) is 6.07 Å². The molecular formula is C11H9ClFNO2. The Balaban J connectivity index is 2.57. The summed E-state index contributed by atoms with van der Waals surface area (Å²) in [5.41, 5.74) is 1.28. The van der Waals surface area contributed by atoms with Crippen LogP contribution in [0.2, 0.25) is 5.02 Å². The summed E-state index contributed by atoms with van der Waals surface area (Å²) in [5, 5.41) is 0.794. The van der Waals surface area contributed by atoms with E-state index in [0.29, 0.717) is 12.0 Å². The van der Waals surface area contributed by atoms with Crippen molar-refractivity contribution in [3.63, 3.8) is 0 Å². The van der Waals surface area contributed by atoms with Gasteiger partial charge in [-0.3, -0.25) is 4.79 Å². The van der Waals surface area contributed by atoms with Gasteiger partial charge in [-0.25, -0.2) is 4.39 Å². The minimum Gasteiger partial charge on any atom is -0.460 e. The van der Waals surface area contributed by atoms with Crippen molar-refractivity contribution in [1.82, 2.24) is 4.98 Å². The Labute approximate surface area is 96.2 Å². The van der Waals surface area contributed by atoms with Crippen molar-refractivity contribution in [2.24, 2.45) is 0 Å². The van der Waals surface area contributed by atoms with Crippen LogP contribution in [0.5, 0.6) is 0 Å². The van der Waals surface area contributed by atoms with E-state index in [4.69, 9.17) is 16.3 Å². The van der Waals surface area contributed by atoms with Crippen LogP contribution in [-0.2, 0) is 9.53 Å². The minimum atomic E-state index is -0.480. The molecule has 0 aliphatic carbocycles. The van der Waals surface area contributed by atoms with Crippen molar-refractivity contribution >= 4 is 29.0 Å². The summed E-state index contributed by atoms with van der Waals surface area (Å²) in [7, 11) is 0. The second-order valence-electron chi connectivity index (χ2n) is 3.40. The lowest BCUT2D eigenvalue weighted by atomic mass is 10.1. The summed E-state index contributed by atoms with van der Waals surface area (Å²) in [6, 6.07) is 2.89. The van der Waals surface area contributed by atoms with Gasteiger partial charge in [-0.15, -0.1) is 0 Å². The normalized spacial score (nSPS) is 12.7. The number of aromatic nitrogens is 1. The number of carbonyl (C=O) groups is 1. The molecule has 0 saturated carbocycles. The number of halogens is 2. The first-order valence-corrected chi connectivity index (χ1v) is 5.07. The van der Waals surface area contributed by atoms with Crippen LogP contribution in [0.3, 0.4) is 0 Å². The standard InChI is InChI=1S/C11H9ClFNO2/c1-6(16-5-15)8-4-14-11-7(8)2-3-9(13)10(11)12/h2-6,14H,1H3. The molecule has 1 aromatic carbocycles. The predicted octanol–water partition coefficient (Wildman–Crippen LogP) is 3.19. The number of nitrogens with one attached hydrogen (secondary N) is 1. The predicted molar refractivity (Wildman–Crippen MR) is 58.8 cm³/mol. The van der Waals surface area contributed by atoms with Crippen LogP contribution in [0.4, 0.5) is 4.39 Å². The van der Waals surface area contributed by atoms with E-state index in [0.717, 1.165) is 10.9 Å². The lowest BCUT2D eigenvalue weighted by molar-refractivity contribution is -0.133. The molecule has 0 aliphatic rings. The van der Waals surface area contributed by atoms with Gasteiger partial charge in [-0.2, -0.15) is 0 Å². The van der Waals surface area contributed by atoms with Crippen LogP contribution < -0.4 is 0 Å². The van der Waals surface area contributed by atoms with E-state index < -0.39 is 11.9 Å². The number of fused-ring (bicyclic) bond motifs is 1. The largest absolute Gasteiger partial charge is 0.460 e. The SMILES string of the molecule is CC(OC=O)c1c[nH]c2c(Cl)c(F)ccc12. The number of H-pyrrole nitrogens is 1. The van der Waals surface area contributed by atoms with Crippen LogP contribution in [0.1, 0.15) is 18.6 Å². The summed E-state index contributed by atoms with van der Waals surface area (Å²) in [5.74, 6) is -0.480. The molecule has 0 bridgehead atoms. The third-order valence-corrected chi connectivity index (χ3v) is 2.85. The first-order valence-electron chi connectivity index (χ1n) is 4.69. The van der Waals surface area contributed by atoms with Crippen LogP contribution in [0, 0.1) is 5.82 Å². The highest BCUT2D eigenvalue weighted by molar-refractivity contribution is 6.35. The molecule has 0 amide bonds. The minimum absolute atomic E-state index is 0.0436. The van der Waals surface area contributed by atoms with Gasteiger partial charge in [0.15, 0.2) is 0 Å². The van der Waals surface area contributed by atoms with E-state index in [2.05, 4.69) is 4.98 Å². The van der Waals surface area contributed by atoms with Gasteiger partial charge in [-0.1, -0.05) is 11.6 Å². The maximum atomic E-state index is 13.2. The summed E-state index contributed by atoms with van der Waals surface area (Å²) < 4.78 is 18.0. The number of benzene rings is 1. The van der Waals surface area contributed by atoms with E-state index in [1.807, 2.05) is 0 Å². The van der Waals surface area contributed by atoms with Crippen molar-refractivity contribution in [2.45, 2.75) is 13.0 Å². The third kappa shape index (κ3) is 1.65. The second-order valence-corrected chi connectivity index (χ2v) is 3.78. The number of rotatable bonds is 3. The van der Waals surface area contributed by atoms with Crippen molar-refractivity contribution in [3.8, 4) is 0 Å². The highest BCUT2D eigenvalue weighted by Gasteiger charge is 2.15. The Morgan fingerprint density at radius 2 is 2.31 bits per heavy atom. The molecule has 0 radical (unpaired) electrons. The summed E-state index contributed by atoms with van der Waals surface area (Å²) in [4.78, 5) is 13.1. The molecule has 0 spiro atoms. The van der Waals surface area contributed by atoms with Crippen molar-refractivity contribution < 1.29 is 13.9 Å². The smallest absolute Gasteiger partial charge is 0.293 e. The molecule has 2 rings (SSSR count). The number of aromatic amines is 1. The van der Waals surface area contributed by atoms with Gasteiger partial charge in [0, 0.05) is 17.1 Å². The molecule has 3 nitrogen and oxygen atoms in total. The highest BCUT2D eigenvalue weighted by Crippen LogP contribution is 2.31. The van der Waals surface area contributed by atoms with Crippen LogP contribution in [0.25, 0.3) is 10.9 Å². The topological polar surface area (TPSA) is 42.1 Å². The fraction of sp³-hybridized carbons (Fsp3) is 0.182. The maximum absolute atomic E-state index is 13.2. The second kappa shape index (κ2) is 4.14. The molecule has 1 heterocycles. The average molecular weight is 242 g/mol. The molecule has 5 heteroatoms. The van der Waals surface area contributed by atoms with E-state index in [-0.39, 0.29) is 5.02 Å². The van der Waals surface area contributed by atoms with E-state index in [1.54, 1.807) is 19.2 Å². The first kappa shape index (κ1) is 11.0. The van der Waals surface area contributed by atoms with E-state index in [9.17, 15) is 9.18 Å². The first-order chi connectivity index (χ1) is 7.65. The molecule has 0 aliphatic heterocycles. The van der Waals surface area contributed by atoms with Crippen molar-refractivity contribution in [3.05, 3.63) is 34.7 Å². The van der Waals surface area contributed by atoms with Gasteiger partial charge in [0.1, 0.15) is 16.9 Å². The lowest BCUT2D eigenvalue weighted by Gasteiger charge is -2.07. The Hall–Kier alpha value is -1.55. The number of carbonyl (C=O) groups excluding carboxylic acids is 1. The average Bonchev–Trinajstić information content (AvgIpc) is 2.68. The molecule has 0 saturated heterocycles. The summed E-state index contributed by atoms with van der Waals surface area (Å²) in [6.07, 6.45) is 1.26. The zero-order chi connectivity index (χ0) is 11.7. The maximum Gasteiger partial charge on any atom is 0.293 e. The van der Waals surface area contributed by atoms with Gasteiger partial charge in [-0.05, 0) is 19.1 Å². The van der Waals surface area contributed by atoms with Crippen LogP contribution >= 0.6 is 11.6 Å². The van der Waals surface area contributed by atoms with E-state index >= 15 is 0 Å². The fourth-order valence-corrected chi connectivity index (χ4v) is 1.87. The Morgan fingerprint density at radius 1 is 1.56 bits per heavy atom. The van der Waals surface area contributed by atoms with Crippen molar-refractivity contribution in [1.29, 1.82) is 0 Å². The molecular weight excluding hydrogens is 233 g/mol.